The highest BCUT2D eigenvalue weighted by molar-refractivity contribution is 7.98. The topological polar surface area (TPSA) is 43.6 Å². The summed E-state index contributed by atoms with van der Waals surface area (Å²) in [7, 11) is 1.92. The van der Waals surface area contributed by atoms with E-state index in [9.17, 15) is 4.39 Å². The van der Waals surface area contributed by atoms with Crippen LogP contribution in [0.2, 0.25) is 5.02 Å². The standard InChI is InChI=1S/C19H14ClFN4S2/c1-25-17(15-4-2-3-5-16(15)20)23-24-19(25)27-11-14-10-26-18(22-14)12-6-8-13(21)9-7-12/h2-10H,11H2,1H3. The van der Waals surface area contributed by atoms with Gasteiger partial charge < -0.3 is 4.57 Å². The van der Waals surface area contributed by atoms with Gasteiger partial charge in [0, 0.05) is 29.3 Å². The number of thioether (sulfide) groups is 1. The molecule has 0 aliphatic carbocycles. The van der Waals surface area contributed by atoms with Gasteiger partial charge in [0.2, 0.25) is 0 Å². The van der Waals surface area contributed by atoms with E-state index in [2.05, 4.69) is 15.2 Å². The first-order valence-corrected chi connectivity index (χ1v) is 10.3. The first kappa shape index (κ1) is 18.2. The van der Waals surface area contributed by atoms with E-state index >= 15 is 0 Å². The zero-order chi connectivity index (χ0) is 18.8. The molecule has 0 saturated carbocycles. The Hall–Kier alpha value is -2.22. The molecule has 0 N–H and O–H groups in total. The second-order valence-corrected chi connectivity index (χ2v) is 7.99. The summed E-state index contributed by atoms with van der Waals surface area (Å²) in [6, 6.07) is 13.9. The molecule has 2 aromatic heterocycles. The fourth-order valence-electron chi connectivity index (χ4n) is 2.55. The fraction of sp³-hybridized carbons (Fsp3) is 0.105. The van der Waals surface area contributed by atoms with Gasteiger partial charge in [-0.05, 0) is 36.4 Å². The highest BCUT2D eigenvalue weighted by Crippen LogP contribution is 2.30. The number of rotatable bonds is 5. The average Bonchev–Trinajstić information content (AvgIpc) is 3.28. The Labute approximate surface area is 169 Å². The quantitative estimate of drug-likeness (QED) is 0.392. The summed E-state index contributed by atoms with van der Waals surface area (Å²) in [4.78, 5) is 4.63. The van der Waals surface area contributed by atoms with E-state index in [4.69, 9.17) is 11.6 Å². The molecule has 0 fully saturated rings. The first-order valence-electron chi connectivity index (χ1n) is 8.09. The van der Waals surface area contributed by atoms with Crippen LogP contribution in [0.5, 0.6) is 0 Å². The van der Waals surface area contributed by atoms with Crippen LogP contribution in [0.3, 0.4) is 0 Å². The number of nitrogens with zero attached hydrogens (tertiary/aromatic N) is 4. The third-order valence-electron chi connectivity index (χ3n) is 3.94. The van der Waals surface area contributed by atoms with Gasteiger partial charge in [0.1, 0.15) is 10.8 Å². The Morgan fingerprint density at radius 1 is 1.11 bits per heavy atom. The van der Waals surface area contributed by atoms with E-state index in [1.165, 1.54) is 12.1 Å². The molecule has 0 unspecified atom stereocenters. The minimum Gasteiger partial charge on any atom is -0.305 e. The summed E-state index contributed by atoms with van der Waals surface area (Å²) < 4.78 is 15.0. The van der Waals surface area contributed by atoms with Crippen molar-refractivity contribution in [3.63, 3.8) is 0 Å². The Bertz CT molecular complexity index is 1080. The van der Waals surface area contributed by atoms with Crippen LogP contribution in [0.4, 0.5) is 4.39 Å². The molecular weight excluding hydrogens is 403 g/mol. The first-order chi connectivity index (χ1) is 13.1. The Morgan fingerprint density at radius 3 is 2.67 bits per heavy atom. The molecule has 136 valence electrons. The zero-order valence-corrected chi connectivity index (χ0v) is 16.7. The summed E-state index contributed by atoms with van der Waals surface area (Å²) in [5.74, 6) is 1.16. The van der Waals surface area contributed by atoms with E-state index in [-0.39, 0.29) is 5.82 Å². The lowest BCUT2D eigenvalue weighted by Crippen LogP contribution is -1.95. The van der Waals surface area contributed by atoms with E-state index in [1.807, 2.05) is 41.3 Å². The molecule has 0 spiro atoms. The van der Waals surface area contributed by atoms with E-state index in [0.29, 0.717) is 10.8 Å². The third-order valence-corrected chi connectivity index (χ3v) is 6.27. The largest absolute Gasteiger partial charge is 0.305 e. The van der Waals surface area contributed by atoms with E-state index in [0.717, 1.165) is 32.8 Å². The molecule has 2 heterocycles. The van der Waals surface area contributed by atoms with Crippen LogP contribution in [0.15, 0.2) is 59.1 Å². The lowest BCUT2D eigenvalue weighted by Gasteiger charge is -2.04. The lowest BCUT2D eigenvalue weighted by molar-refractivity contribution is 0.628. The molecular formula is C19H14ClFN4S2. The molecule has 0 aliphatic rings. The van der Waals surface area contributed by atoms with Crippen molar-refractivity contribution in [3.05, 3.63) is 70.4 Å². The highest BCUT2D eigenvalue weighted by Gasteiger charge is 2.14. The van der Waals surface area contributed by atoms with E-state index in [1.54, 1.807) is 35.2 Å². The zero-order valence-electron chi connectivity index (χ0n) is 14.3. The smallest absolute Gasteiger partial charge is 0.191 e. The van der Waals surface area contributed by atoms with Gasteiger partial charge in [0.25, 0.3) is 0 Å². The van der Waals surface area contributed by atoms with Crippen molar-refractivity contribution in [3.8, 4) is 22.0 Å². The SMILES string of the molecule is Cn1c(SCc2csc(-c3ccc(F)cc3)n2)nnc1-c1ccccc1Cl. The van der Waals surface area contributed by atoms with Crippen molar-refractivity contribution < 1.29 is 4.39 Å². The average molecular weight is 417 g/mol. The van der Waals surface area contributed by atoms with Gasteiger partial charge in [-0.3, -0.25) is 0 Å². The number of halogens is 2. The Balaban J connectivity index is 1.49. The van der Waals surface area contributed by atoms with E-state index < -0.39 is 0 Å². The molecule has 0 radical (unpaired) electrons. The predicted molar refractivity (Wildman–Crippen MR) is 109 cm³/mol. The molecule has 2 aromatic carbocycles. The van der Waals surface area contributed by atoms with Gasteiger partial charge in [-0.2, -0.15) is 0 Å². The molecule has 0 amide bonds. The second-order valence-electron chi connectivity index (χ2n) is 5.78. The maximum atomic E-state index is 13.1. The predicted octanol–water partition coefficient (Wildman–Crippen LogP) is 5.69. The fourth-order valence-corrected chi connectivity index (χ4v) is 4.51. The molecule has 0 saturated heterocycles. The molecule has 4 nitrogen and oxygen atoms in total. The van der Waals surface area contributed by atoms with Crippen molar-refractivity contribution >= 4 is 34.7 Å². The summed E-state index contributed by atoms with van der Waals surface area (Å²) in [6.45, 7) is 0. The number of thiazole rings is 1. The van der Waals surface area contributed by atoms with Crippen LogP contribution in [0.25, 0.3) is 22.0 Å². The Kier molecular flexibility index (Phi) is 5.24. The number of benzene rings is 2. The van der Waals surface area contributed by atoms with Gasteiger partial charge in [0.05, 0.1) is 10.7 Å². The maximum absolute atomic E-state index is 13.1. The molecule has 4 rings (SSSR count). The van der Waals surface area contributed by atoms with Crippen LogP contribution < -0.4 is 0 Å². The minimum atomic E-state index is -0.248. The van der Waals surface area contributed by atoms with Crippen molar-refractivity contribution in [2.75, 3.05) is 0 Å². The van der Waals surface area contributed by atoms with Gasteiger partial charge in [-0.1, -0.05) is 35.5 Å². The van der Waals surface area contributed by atoms with Gasteiger partial charge >= 0.3 is 0 Å². The molecule has 8 heteroatoms. The summed E-state index contributed by atoms with van der Waals surface area (Å²) >= 11 is 9.37. The summed E-state index contributed by atoms with van der Waals surface area (Å²) in [6.07, 6.45) is 0. The lowest BCUT2D eigenvalue weighted by atomic mass is 10.2. The van der Waals surface area contributed by atoms with Crippen molar-refractivity contribution in [2.24, 2.45) is 7.05 Å². The number of hydrogen-bond acceptors (Lipinski definition) is 5. The highest BCUT2D eigenvalue weighted by atomic mass is 35.5. The normalized spacial score (nSPS) is 11.1. The molecule has 0 bridgehead atoms. The summed E-state index contributed by atoms with van der Waals surface area (Å²) in [5.41, 5.74) is 2.72. The van der Waals surface area contributed by atoms with Gasteiger partial charge in [0.15, 0.2) is 11.0 Å². The number of aromatic nitrogens is 4. The maximum Gasteiger partial charge on any atom is 0.191 e. The van der Waals surface area contributed by atoms with Crippen LogP contribution in [0.1, 0.15) is 5.69 Å². The van der Waals surface area contributed by atoms with Crippen molar-refractivity contribution in [2.45, 2.75) is 10.9 Å². The van der Waals surface area contributed by atoms with Gasteiger partial charge in [-0.25, -0.2) is 9.37 Å². The van der Waals surface area contributed by atoms with Crippen LogP contribution >= 0.6 is 34.7 Å². The van der Waals surface area contributed by atoms with Crippen LogP contribution in [-0.4, -0.2) is 19.7 Å². The van der Waals surface area contributed by atoms with Crippen LogP contribution in [0, 0.1) is 5.82 Å². The van der Waals surface area contributed by atoms with Crippen molar-refractivity contribution in [1.82, 2.24) is 19.7 Å². The summed E-state index contributed by atoms with van der Waals surface area (Å²) in [5, 5.41) is 12.9. The molecule has 27 heavy (non-hydrogen) atoms. The Morgan fingerprint density at radius 2 is 1.89 bits per heavy atom. The number of hydrogen-bond donors (Lipinski definition) is 0. The molecule has 4 aromatic rings. The van der Waals surface area contributed by atoms with Crippen molar-refractivity contribution in [1.29, 1.82) is 0 Å². The molecule has 0 atom stereocenters. The molecule has 0 aliphatic heterocycles. The second kappa shape index (κ2) is 7.80. The third kappa shape index (κ3) is 3.90. The van der Waals surface area contributed by atoms with Gasteiger partial charge in [-0.15, -0.1) is 21.5 Å². The van der Waals surface area contributed by atoms with Crippen LogP contribution in [-0.2, 0) is 12.8 Å². The minimum absolute atomic E-state index is 0.248. The monoisotopic (exact) mass is 416 g/mol.